The molecule has 3 heteroatoms. The van der Waals surface area contributed by atoms with Gasteiger partial charge in [-0.05, 0) is 49.1 Å². The van der Waals surface area contributed by atoms with Crippen LogP contribution in [0, 0.1) is 0 Å². The van der Waals surface area contributed by atoms with Gasteiger partial charge in [0.15, 0.2) is 0 Å². The van der Waals surface area contributed by atoms with Gasteiger partial charge in [-0.2, -0.15) is 0 Å². The van der Waals surface area contributed by atoms with E-state index >= 15 is 0 Å². The smallest absolute Gasteiger partial charge is 0.368 e. The highest BCUT2D eigenvalue weighted by molar-refractivity contribution is 5.86. The predicted octanol–water partition coefficient (Wildman–Crippen LogP) is 6.48. The Balaban J connectivity index is 2.09. The molecule has 26 heavy (non-hydrogen) atoms. The van der Waals surface area contributed by atoms with Crippen LogP contribution in [-0.2, 0) is 5.41 Å². The van der Waals surface area contributed by atoms with Crippen molar-refractivity contribution in [2.75, 3.05) is 13.2 Å². The van der Waals surface area contributed by atoms with Crippen molar-refractivity contribution in [2.24, 2.45) is 0 Å². The first-order valence-corrected chi connectivity index (χ1v) is 9.19. The second-order valence-corrected chi connectivity index (χ2v) is 7.33. The molecule has 0 bridgehead atoms. The minimum absolute atomic E-state index is 0.127. The zero-order valence-electron chi connectivity index (χ0n) is 16.3. The van der Waals surface area contributed by atoms with Crippen LogP contribution < -0.4 is 9.47 Å². The van der Waals surface area contributed by atoms with Crippen LogP contribution in [0.1, 0.15) is 40.2 Å². The molecule has 0 amide bonds. The number of rotatable bonds is 5. The molecule has 3 nitrogen and oxygen atoms in total. The first-order chi connectivity index (χ1) is 12.4. The molecular weight excluding hydrogens is 324 g/mol. The van der Waals surface area contributed by atoms with Gasteiger partial charge in [0.2, 0.25) is 0 Å². The highest BCUT2D eigenvalue weighted by Crippen LogP contribution is 2.35. The van der Waals surface area contributed by atoms with Gasteiger partial charge >= 0.3 is 11.3 Å². The molecule has 0 radical (unpaired) electrons. The fraction of sp³-hybridized carbons (Fsp3) is 0.348. The van der Waals surface area contributed by atoms with Gasteiger partial charge in [0.05, 0.1) is 30.9 Å². The topological polar surface area (TPSA) is 29.8 Å². The van der Waals surface area contributed by atoms with Gasteiger partial charge < -0.3 is 9.47 Å². The molecule has 0 aliphatic heterocycles. The second-order valence-electron chi connectivity index (χ2n) is 7.33. The lowest BCUT2D eigenvalue weighted by molar-refractivity contribution is 0.338. The lowest BCUT2D eigenvalue weighted by Crippen LogP contribution is -2.10. The molecule has 0 saturated carbocycles. The van der Waals surface area contributed by atoms with E-state index < -0.39 is 0 Å². The van der Waals surface area contributed by atoms with E-state index in [0.29, 0.717) is 13.2 Å². The third-order valence-electron chi connectivity index (χ3n) is 4.35. The summed E-state index contributed by atoms with van der Waals surface area (Å²) < 4.78 is 17.7. The van der Waals surface area contributed by atoms with Crippen LogP contribution in [0.15, 0.2) is 52.9 Å². The van der Waals surface area contributed by atoms with Gasteiger partial charge in [-0.25, -0.2) is 4.42 Å². The Morgan fingerprint density at radius 3 is 2.15 bits per heavy atom. The van der Waals surface area contributed by atoms with Gasteiger partial charge in [-0.15, -0.1) is 0 Å². The summed E-state index contributed by atoms with van der Waals surface area (Å²) in [6, 6.07) is 16.4. The maximum Gasteiger partial charge on any atom is 0.368 e. The molecule has 0 unspecified atom stereocenters. The molecule has 0 aliphatic rings. The summed E-state index contributed by atoms with van der Waals surface area (Å²) in [5, 5.41) is 0.949. The summed E-state index contributed by atoms with van der Waals surface area (Å²) in [5.74, 6) is 2.41. The Bertz CT molecular complexity index is 890. The summed E-state index contributed by atoms with van der Waals surface area (Å²) in [5.41, 5.74) is 3.22. The number of benzene rings is 2. The van der Waals surface area contributed by atoms with Crippen LogP contribution in [0.5, 0.6) is 11.5 Å². The van der Waals surface area contributed by atoms with Gasteiger partial charge in [-0.3, -0.25) is 0 Å². The standard InChI is InChI=1S/C23H27O3/c1-6-24-18-12-13-19-21(25-7-2)15-20(26-22(19)14-18)16-8-10-17(11-9-16)23(3,4)5/h8-15H,6-7H2,1-5H3/q+1. The van der Waals surface area contributed by atoms with Crippen LogP contribution in [0.25, 0.3) is 22.3 Å². The van der Waals surface area contributed by atoms with Crippen LogP contribution in [-0.4, -0.2) is 13.2 Å². The third-order valence-corrected chi connectivity index (χ3v) is 4.35. The minimum Gasteiger partial charge on any atom is -0.494 e. The minimum atomic E-state index is 0.127. The van der Waals surface area contributed by atoms with Gasteiger partial charge in [-0.1, -0.05) is 32.9 Å². The van der Waals surface area contributed by atoms with Crippen molar-refractivity contribution in [3.05, 3.63) is 54.1 Å². The van der Waals surface area contributed by atoms with Crippen LogP contribution >= 0.6 is 0 Å². The van der Waals surface area contributed by atoms with Gasteiger partial charge in [0.25, 0.3) is 0 Å². The first kappa shape index (κ1) is 18.2. The average Bonchev–Trinajstić information content (AvgIpc) is 2.61. The molecule has 3 rings (SSSR count). The highest BCUT2D eigenvalue weighted by Gasteiger charge is 2.22. The van der Waals surface area contributed by atoms with Crippen LogP contribution in [0.4, 0.5) is 0 Å². The van der Waals surface area contributed by atoms with E-state index in [1.54, 1.807) is 0 Å². The molecule has 136 valence electrons. The van der Waals surface area contributed by atoms with E-state index in [1.807, 2.05) is 38.1 Å². The molecule has 0 saturated heterocycles. The van der Waals surface area contributed by atoms with E-state index in [-0.39, 0.29) is 5.41 Å². The van der Waals surface area contributed by atoms with E-state index in [9.17, 15) is 0 Å². The molecule has 2 aromatic carbocycles. The normalized spacial score (nSPS) is 11.6. The zero-order valence-corrected chi connectivity index (χ0v) is 16.3. The predicted molar refractivity (Wildman–Crippen MR) is 107 cm³/mol. The maximum absolute atomic E-state index is 6.19. The van der Waals surface area contributed by atoms with E-state index in [1.165, 1.54) is 5.56 Å². The molecule has 3 aromatic rings. The van der Waals surface area contributed by atoms with Crippen molar-refractivity contribution < 1.29 is 13.9 Å². The Kier molecular flexibility index (Phi) is 5.17. The molecule has 0 spiro atoms. The van der Waals surface area contributed by atoms with Crippen molar-refractivity contribution in [2.45, 2.75) is 40.0 Å². The lowest BCUT2D eigenvalue weighted by Gasteiger charge is -2.18. The van der Waals surface area contributed by atoms with E-state index in [0.717, 1.165) is 33.8 Å². The largest absolute Gasteiger partial charge is 0.494 e. The Morgan fingerprint density at radius 1 is 0.846 bits per heavy atom. The van der Waals surface area contributed by atoms with E-state index in [2.05, 4.69) is 45.0 Å². The van der Waals surface area contributed by atoms with Crippen molar-refractivity contribution in [1.82, 2.24) is 0 Å². The molecule has 0 aliphatic carbocycles. The molecule has 0 N–H and O–H groups in total. The molecule has 0 atom stereocenters. The summed E-state index contributed by atoms with van der Waals surface area (Å²) in [7, 11) is 0. The maximum atomic E-state index is 6.19. The fourth-order valence-electron chi connectivity index (χ4n) is 2.94. The van der Waals surface area contributed by atoms with Gasteiger partial charge in [0, 0.05) is 0 Å². The molecule has 0 fully saturated rings. The van der Waals surface area contributed by atoms with Crippen molar-refractivity contribution in [3.63, 3.8) is 0 Å². The van der Waals surface area contributed by atoms with Crippen LogP contribution in [0.2, 0.25) is 0 Å². The second kappa shape index (κ2) is 7.36. The average molecular weight is 351 g/mol. The Morgan fingerprint density at radius 2 is 1.54 bits per heavy atom. The quantitative estimate of drug-likeness (QED) is 0.493. The lowest BCUT2D eigenvalue weighted by atomic mass is 9.86. The van der Waals surface area contributed by atoms with E-state index in [4.69, 9.17) is 13.9 Å². The summed E-state index contributed by atoms with van der Waals surface area (Å²) >= 11 is 0. The molecule has 1 heterocycles. The van der Waals surface area contributed by atoms with Gasteiger partial charge in [0.1, 0.15) is 16.9 Å². The van der Waals surface area contributed by atoms with Crippen molar-refractivity contribution >= 4 is 11.0 Å². The van der Waals surface area contributed by atoms with Crippen molar-refractivity contribution in [1.29, 1.82) is 0 Å². The molecule has 1 aromatic heterocycles. The summed E-state index contributed by atoms with van der Waals surface area (Å²) in [6.07, 6.45) is 0. The highest BCUT2D eigenvalue weighted by atomic mass is 16.5. The first-order valence-electron chi connectivity index (χ1n) is 9.19. The summed E-state index contributed by atoms with van der Waals surface area (Å²) in [6.45, 7) is 11.8. The fourth-order valence-corrected chi connectivity index (χ4v) is 2.94. The number of ether oxygens (including phenoxy) is 2. The number of hydrogen-bond donors (Lipinski definition) is 0. The Hall–Kier alpha value is -2.55. The zero-order chi connectivity index (χ0) is 18.7. The number of hydrogen-bond acceptors (Lipinski definition) is 2. The SMILES string of the molecule is CCOc1ccc2c(OCC)cc(-c3ccc(C(C)(C)C)cc3)[o+]c2c1. The molecular formula is C23H27O3+. The van der Waals surface area contributed by atoms with Crippen molar-refractivity contribution in [3.8, 4) is 22.8 Å². The van der Waals surface area contributed by atoms with Crippen LogP contribution in [0.3, 0.4) is 0 Å². The third kappa shape index (κ3) is 3.82. The number of fused-ring (bicyclic) bond motifs is 1. The Labute approximate surface area is 155 Å². The summed E-state index contributed by atoms with van der Waals surface area (Å²) in [4.78, 5) is 0. The monoisotopic (exact) mass is 351 g/mol.